The van der Waals surface area contributed by atoms with E-state index in [0.717, 1.165) is 13.1 Å². The number of anilines is 1. The van der Waals surface area contributed by atoms with Crippen LogP contribution < -0.4 is 10.2 Å². The number of piperazine rings is 1. The lowest BCUT2D eigenvalue weighted by molar-refractivity contribution is -0.137. The molecule has 3 rings (SSSR count). The van der Waals surface area contributed by atoms with Gasteiger partial charge in [0, 0.05) is 31.7 Å². The Balaban J connectivity index is 2.24. The van der Waals surface area contributed by atoms with Crippen molar-refractivity contribution in [3.63, 3.8) is 0 Å². The van der Waals surface area contributed by atoms with Crippen LogP contribution in [0.4, 0.5) is 18.9 Å². The fourth-order valence-electron chi connectivity index (χ4n) is 2.90. The number of nitrogens with one attached hydrogen (secondary N) is 1. The fourth-order valence-corrected chi connectivity index (χ4v) is 3.58. The number of rotatable bonds is 2. The molecule has 0 radical (unpaired) electrons. The first-order valence-corrected chi connectivity index (χ1v) is 8.25. The van der Waals surface area contributed by atoms with E-state index >= 15 is 0 Å². The van der Waals surface area contributed by atoms with Gasteiger partial charge in [0.2, 0.25) is 0 Å². The summed E-state index contributed by atoms with van der Waals surface area (Å²) in [5.41, 5.74) is -0.0196. The molecule has 128 valence electrons. The summed E-state index contributed by atoms with van der Waals surface area (Å²) in [6.07, 6.45) is -4.59. The maximum Gasteiger partial charge on any atom is 0.418 e. The van der Waals surface area contributed by atoms with Crippen LogP contribution in [-0.2, 0) is 6.18 Å². The molecule has 1 aliphatic rings. The zero-order valence-corrected chi connectivity index (χ0v) is 14.1. The van der Waals surface area contributed by atoms with Crippen molar-refractivity contribution in [1.29, 1.82) is 0 Å². The highest BCUT2D eigenvalue weighted by molar-refractivity contribution is 6.38. The molecule has 0 amide bonds. The van der Waals surface area contributed by atoms with Crippen LogP contribution in [0.3, 0.4) is 0 Å². The Hall–Kier alpha value is -1.43. The minimum absolute atomic E-state index is 0.0641. The van der Waals surface area contributed by atoms with Crippen molar-refractivity contribution in [3.05, 3.63) is 52.0 Å². The molecule has 1 saturated heterocycles. The maximum absolute atomic E-state index is 13.6. The van der Waals surface area contributed by atoms with Crippen molar-refractivity contribution in [1.82, 2.24) is 5.32 Å². The van der Waals surface area contributed by atoms with Gasteiger partial charge in [-0.3, -0.25) is 0 Å². The first-order valence-electron chi connectivity index (χ1n) is 7.50. The second kappa shape index (κ2) is 6.82. The zero-order valence-electron chi connectivity index (χ0n) is 12.6. The fraction of sp³-hybridized carbons (Fsp3) is 0.294. The molecule has 0 aliphatic carbocycles. The summed E-state index contributed by atoms with van der Waals surface area (Å²) in [6.45, 7) is 2.82. The van der Waals surface area contributed by atoms with Gasteiger partial charge >= 0.3 is 6.18 Å². The molecule has 0 unspecified atom stereocenters. The van der Waals surface area contributed by atoms with Crippen LogP contribution in [0, 0.1) is 0 Å². The monoisotopic (exact) mass is 374 g/mol. The van der Waals surface area contributed by atoms with Gasteiger partial charge < -0.3 is 10.2 Å². The first kappa shape index (κ1) is 17.4. The average molecular weight is 375 g/mol. The highest BCUT2D eigenvalue weighted by atomic mass is 35.5. The van der Waals surface area contributed by atoms with E-state index < -0.39 is 11.7 Å². The topological polar surface area (TPSA) is 15.3 Å². The molecule has 24 heavy (non-hydrogen) atoms. The number of hydrogen-bond donors (Lipinski definition) is 1. The molecule has 0 spiro atoms. The summed E-state index contributed by atoms with van der Waals surface area (Å²) >= 11 is 12.5. The Labute approximate surface area is 148 Å². The van der Waals surface area contributed by atoms with Crippen LogP contribution in [0.25, 0.3) is 11.1 Å². The Bertz CT molecular complexity index is 727. The molecule has 1 fully saturated rings. The van der Waals surface area contributed by atoms with E-state index in [2.05, 4.69) is 5.32 Å². The Morgan fingerprint density at radius 3 is 2.21 bits per heavy atom. The lowest BCUT2D eigenvalue weighted by atomic mass is 9.97. The third kappa shape index (κ3) is 3.34. The summed E-state index contributed by atoms with van der Waals surface area (Å²) in [5, 5.41) is 2.95. The Kier molecular flexibility index (Phi) is 4.95. The van der Waals surface area contributed by atoms with E-state index in [0.29, 0.717) is 24.3 Å². The van der Waals surface area contributed by atoms with E-state index in [1.54, 1.807) is 30.3 Å². The van der Waals surface area contributed by atoms with Gasteiger partial charge in [-0.15, -0.1) is 0 Å². The average Bonchev–Trinajstić information content (AvgIpc) is 2.56. The van der Waals surface area contributed by atoms with E-state index in [4.69, 9.17) is 23.2 Å². The van der Waals surface area contributed by atoms with E-state index in [1.165, 1.54) is 6.07 Å². The standard InChI is InChI=1S/C17H15Cl2F3N2/c18-12-10-13(24-8-6-23-7-9-24)16(19)14(15(12)17(20,21)22)11-4-2-1-3-5-11/h1-5,10,23H,6-9H2. The number of nitrogens with zero attached hydrogens (tertiary/aromatic N) is 1. The first-order chi connectivity index (χ1) is 11.4. The molecular weight excluding hydrogens is 360 g/mol. The van der Waals surface area contributed by atoms with Gasteiger partial charge in [-0.1, -0.05) is 53.5 Å². The van der Waals surface area contributed by atoms with Gasteiger partial charge in [-0.05, 0) is 11.6 Å². The molecule has 2 aromatic carbocycles. The molecule has 2 aromatic rings. The Morgan fingerprint density at radius 2 is 1.62 bits per heavy atom. The maximum atomic E-state index is 13.6. The molecule has 0 atom stereocenters. The van der Waals surface area contributed by atoms with Crippen molar-refractivity contribution in [2.45, 2.75) is 6.18 Å². The Morgan fingerprint density at radius 1 is 1.00 bits per heavy atom. The summed E-state index contributed by atoms with van der Waals surface area (Å²) in [7, 11) is 0. The molecule has 2 nitrogen and oxygen atoms in total. The van der Waals surface area contributed by atoms with Crippen LogP contribution in [0.2, 0.25) is 10.0 Å². The molecule has 1 heterocycles. The molecule has 7 heteroatoms. The molecule has 0 saturated carbocycles. The van der Waals surface area contributed by atoms with Crippen LogP contribution in [0.1, 0.15) is 5.56 Å². The van der Waals surface area contributed by atoms with Crippen LogP contribution in [-0.4, -0.2) is 26.2 Å². The molecule has 0 bridgehead atoms. The van der Waals surface area contributed by atoms with Crippen molar-refractivity contribution in [2.75, 3.05) is 31.1 Å². The lowest BCUT2D eigenvalue weighted by Crippen LogP contribution is -2.43. The number of alkyl halides is 3. The summed E-state index contributed by atoms with van der Waals surface area (Å²) in [4.78, 5) is 1.96. The number of benzene rings is 2. The number of hydrogen-bond acceptors (Lipinski definition) is 2. The summed E-state index contributed by atoms with van der Waals surface area (Å²) in [6, 6.07) is 9.63. The van der Waals surface area contributed by atoms with Crippen molar-refractivity contribution >= 4 is 28.9 Å². The van der Waals surface area contributed by atoms with Gasteiger partial charge in [0.15, 0.2) is 0 Å². The van der Waals surface area contributed by atoms with Gasteiger partial charge in [-0.2, -0.15) is 13.2 Å². The van der Waals surface area contributed by atoms with Crippen LogP contribution in [0.5, 0.6) is 0 Å². The molecule has 1 aliphatic heterocycles. The highest BCUT2D eigenvalue weighted by Gasteiger charge is 2.38. The van der Waals surface area contributed by atoms with Crippen LogP contribution >= 0.6 is 23.2 Å². The van der Waals surface area contributed by atoms with E-state index in [1.807, 2.05) is 4.90 Å². The van der Waals surface area contributed by atoms with Crippen LogP contribution in [0.15, 0.2) is 36.4 Å². The van der Waals surface area contributed by atoms with Gasteiger partial charge in [0.25, 0.3) is 0 Å². The zero-order chi connectivity index (χ0) is 17.3. The van der Waals surface area contributed by atoms with Crippen molar-refractivity contribution < 1.29 is 13.2 Å². The molecular formula is C17H15Cl2F3N2. The van der Waals surface area contributed by atoms with Gasteiger partial charge in [0.05, 0.1) is 21.3 Å². The normalized spacial score (nSPS) is 15.6. The second-order valence-corrected chi connectivity index (χ2v) is 6.33. The quantitative estimate of drug-likeness (QED) is 0.787. The smallest absolute Gasteiger partial charge is 0.368 e. The third-order valence-electron chi connectivity index (χ3n) is 4.00. The minimum atomic E-state index is -4.59. The van der Waals surface area contributed by atoms with E-state index in [9.17, 15) is 13.2 Å². The predicted molar refractivity (Wildman–Crippen MR) is 92.0 cm³/mol. The number of halogens is 5. The highest BCUT2D eigenvalue weighted by Crippen LogP contribution is 2.48. The largest absolute Gasteiger partial charge is 0.418 e. The second-order valence-electron chi connectivity index (χ2n) is 5.54. The van der Waals surface area contributed by atoms with Gasteiger partial charge in [0.1, 0.15) is 0 Å². The summed E-state index contributed by atoms with van der Waals surface area (Å²) in [5.74, 6) is 0. The summed E-state index contributed by atoms with van der Waals surface area (Å²) < 4.78 is 40.7. The van der Waals surface area contributed by atoms with Crippen molar-refractivity contribution in [3.8, 4) is 11.1 Å². The predicted octanol–water partition coefficient (Wildman–Crippen LogP) is 5.09. The third-order valence-corrected chi connectivity index (χ3v) is 4.68. The molecule has 1 N–H and O–H groups in total. The van der Waals surface area contributed by atoms with Crippen molar-refractivity contribution in [2.24, 2.45) is 0 Å². The minimum Gasteiger partial charge on any atom is -0.368 e. The van der Waals surface area contributed by atoms with E-state index in [-0.39, 0.29) is 15.6 Å². The molecule has 0 aromatic heterocycles. The van der Waals surface area contributed by atoms with Gasteiger partial charge in [-0.25, -0.2) is 0 Å². The SMILES string of the molecule is FC(F)(F)c1c(Cl)cc(N2CCNCC2)c(Cl)c1-c1ccccc1. The lowest BCUT2D eigenvalue weighted by Gasteiger charge is -2.32.